The monoisotopic (exact) mass is 331 g/mol. The van der Waals surface area contributed by atoms with Crippen molar-refractivity contribution in [1.29, 1.82) is 0 Å². The number of aliphatic hydroxyl groups is 1. The standard InChI is InChI=1S/C16H17N3O4.CH4/c1-10(20)14(16(22)19-23)18-15(21)12-6-4-11(5-7-12)13-3-2-8-17-9-13;/h2-10,14,20,23H,1H3,(H,18,21)(H,19,22);1H4/t10-,14+;/m1./s1. The van der Waals surface area contributed by atoms with Crippen LogP contribution in [0.15, 0.2) is 48.8 Å². The number of carbonyl (C=O) groups is 2. The van der Waals surface area contributed by atoms with Gasteiger partial charge in [0, 0.05) is 18.0 Å². The highest BCUT2D eigenvalue weighted by Gasteiger charge is 2.25. The summed E-state index contributed by atoms with van der Waals surface area (Å²) in [6, 6.07) is 9.20. The molecule has 2 aromatic rings. The lowest BCUT2D eigenvalue weighted by Crippen LogP contribution is -2.51. The summed E-state index contributed by atoms with van der Waals surface area (Å²) in [5, 5.41) is 20.5. The Morgan fingerprint density at radius 2 is 1.79 bits per heavy atom. The van der Waals surface area contributed by atoms with Crippen LogP contribution >= 0.6 is 0 Å². The molecule has 0 radical (unpaired) electrons. The zero-order valence-electron chi connectivity index (χ0n) is 12.4. The molecule has 0 saturated heterocycles. The molecule has 2 atom stereocenters. The highest BCUT2D eigenvalue weighted by atomic mass is 16.5. The van der Waals surface area contributed by atoms with Crippen LogP contribution in [0.3, 0.4) is 0 Å². The Hall–Kier alpha value is -2.77. The van der Waals surface area contributed by atoms with Gasteiger partial charge in [0.15, 0.2) is 0 Å². The Kier molecular flexibility index (Phi) is 7.03. The van der Waals surface area contributed by atoms with Crippen LogP contribution < -0.4 is 10.8 Å². The maximum atomic E-state index is 12.1. The number of hydroxylamine groups is 1. The Balaban J connectivity index is 0.00000288. The Labute approximate surface area is 140 Å². The van der Waals surface area contributed by atoms with Gasteiger partial charge in [0.1, 0.15) is 6.04 Å². The van der Waals surface area contributed by atoms with Gasteiger partial charge in [0.25, 0.3) is 11.8 Å². The fourth-order valence-corrected chi connectivity index (χ4v) is 2.05. The SMILES string of the molecule is C.C[C@@H](O)[C@H](NC(=O)c1ccc(-c2cccnc2)cc1)C(=O)NO. The van der Waals surface area contributed by atoms with Gasteiger partial charge in [0.05, 0.1) is 6.10 Å². The highest BCUT2D eigenvalue weighted by molar-refractivity contribution is 5.97. The minimum Gasteiger partial charge on any atom is -0.391 e. The summed E-state index contributed by atoms with van der Waals surface area (Å²) in [5.74, 6) is -1.42. The molecule has 2 amide bonds. The molecule has 0 aliphatic rings. The molecule has 0 spiro atoms. The Bertz CT molecular complexity index is 672. The van der Waals surface area contributed by atoms with Gasteiger partial charge in [-0.05, 0) is 36.2 Å². The van der Waals surface area contributed by atoms with Gasteiger partial charge in [-0.15, -0.1) is 0 Å². The van der Waals surface area contributed by atoms with Crippen molar-refractivity contribution in [2.45, 2.75) is 26.5 Å². The van der Waals surface area contributed by atoms with Crippen LogP contribution in [-0.4, -0.2) is 39.3 Å². The van der Waals surface area contributed by atoms with Crippen LogP contribution in [0.25, 0.3) is 11.1 Å². The lowest BCUT2D eigenvalue weighted by atomic mass is 10.0. The van der Waals surface area contributed by atoms with Gasteiger partial charge in [0.2, 0.25) is 0 Å². The molecular formula is C17H21N3O4. The number of hydrogen-bond donors (Lipinski definition) is 4. The average molecular weight is 331 g/mol. The minimum atomic E-state index is -1.24. The van der Waals surface area contributed by atoms with Crippen molar-refractivity contribution in [3.8, 4) is 11.1 Å². The van der Waals surface area contributed by atoms with E-state index in [1.807, 2.05) is 12.1 Å². The second kappa shape index (κ2) is 8.76. The fraction of sp³-hybridized carbons (Fsp3) is 0.235. The molecule has 7 heteroatoms. The molecule has 0 aliphatic heterocycles. The molecule has 0 fully saturated rings. The second-order valence-corrected chi connectivity index (χ2v) is 4.99. The van der Waals surface area contributed by atoms with Crippen LogP contribution in [0.5, 0.6) is 0 Å². The highest BCUT2D eigenvalue weighted by Crippen LogP contribution is 2.18. The van der Waals surface area contributed by atoms with Gasteiger partial charge < -0.3 is 10.4 Å². The Morgan fingerprint density at radius 1 is 1.12 bits per heavy atom. The first-order valence-corrected chi connectivity index (χ1v) is 6.96. The van der Waals surface area contributed by atoms with Crippen molar-refractivity contribution in [2.24, 2.45) is 0 Å². The maximum absolute atomic E-state index is 12.1. The van der Waals surface area contributed by atoms with E-state index in [0.717, 1.165) is 11.1 Å². The van der Waals surface area contributed by atoms with E-state index in [2.05, 4.69) is 10.3 Å². The molecule has 7 nitrogen and oxygen atoms in total. The van der Waals surface area contributed by atoms with E-state index in [9.17, 15) is 14.7 Å². The topological polar surface area (TPSA) is 112 Å². The zero-order chi connectivity index (χ0) is 16.8. The first-order chi connectivity index (χ1) is 11.0. The van der Waals surface area contributed by atoms with E-state index in [-0.39, 0.29) is 7.43 Å². The van der Waals surface area contributed by atoms with Crippen molar-refractivity contribution in [1.82, 2.24) is 15.8 Å². The summed E-state index contributed by atoms with van der Waals surface area (Å²) >= 11 is 0. The normalized spacial score (nSPS) is 12.5. The van der Waals surface area contributed by atoms with Gasteiger partial charge in [-0.2, -0.15) is 0 Å². The molecule has 0 saturated carbocycles. The number of pyridine rings is 1. The predicted octanol–water partition coefficient (Wildman–Crippen LogP) is 1.37. The quantitative estimate of drug-likeness (QED) is 0.488. The Morgan fingerprint density at radius 3 is 2.29 bits per heavy atom. The van der Waals surface area contributed by atoms with Crippen molar-refractivity contribution < 1.29 is 19.9 Å². The van der Waals surface area contributed by atoms with Gasteiger partial charge in [-0.3, -0.25) is 19.8 Å². The number of hydrogen-bond acceptors (Lipinski definition) is 5. The number of nitrogens with zero attached hydrogens (tertiary/aromatic N) is 1. The largest absolute Gasteiger partial charge is 0.391 e. The van der Waals surface area contributed by atoms with Crippen LogP contribution in [0.1, 0.15) is 24.7 Å². The number of rotatable bonds is 5. The second-order valence-electron chi connectivity index (χ2n) is 4.99. The molecule has 4 N–H and O–H groups in total. The summed E-state index contributed by atoms with van der Waals surface area (Å²) in [6.07, 6.45) is 2.23. The lowest BCUT2D eigenvalue weighted by molar-refractivity contribution is -0.133. The smallest absolute Gasteiger partial charge is 0.268 e. The van der Waals surface area contributed by atoms with Crippen LogP contribution in [0.4, 0.5) is 0 Å². The van der Waals surface area contributed by atoms with Gasteiger partial charge in [-0.1, -0.05) is 25.6 Å². The van der Waals surface area contributed by atoms with Gasteiger partial charge >= 0.3 is 0 Å². The first kappa shape index (κ1) is 19.3. The molecule has 1 aromatic carbocycles. The van der Waals surface area contributed by atoms with Crippen molar-refractivity contribution in [2.75, 3.05) is 0 Å². The number of amides is 2. The predicted molar refractivity (Wildman–Crippen MR) is 89.3 cm³/mol. The number of nitrogens with one attached hydrogen (secondary N) is 2. The molecule has 0 unspecified atom stereocenters. The molecular weight excluding hydrogens is 310 g/mol. The van der Waals surface area contributed by atoms with Crippen molar-refractivity contribution >= 4 is 11.8 Å². The zero-order valence-corrected chi connectivity index (χ0v) is 12.4. The molecule has 0 aliphatic carbocycles. The summed E-state index contributed by atoms with van der Waals surface area (Å²) in [6.45, 7) is 1.34. The number of benzene rings is 1. The van der Waals surface area contributed by atoms with E-state index >= 15 is 0 Å². The minimum absolute atomic E-state index is 0. The third kappa shape index (κ3) is 4.61. The molecule has 1 heterocycles. The van der Waals surface area contributed by atoms with Crippen molar-refractivity contribution in [3.63, 3.8) is 0 Å². The van der Waals surface area contributed by atoms with E-state index in [1.165, 1.54) is 12.4 Å². The maximum Gasteiger partial charge on any atom is 0.268 e. The molecule has 2 rings (SSSR count). The number of aromatic nitrogens is 1. The van der Waals surface area contributed by atoms with E-state index in [4.69, 9.17) is 5.21 Å². The summed E-state index contributed by atoms with van der Waals surface area (Å²) in [7, 11) is 0. The molecule has 128 valence electrons. The average Bonchev–Trinajstić information content (AvgIpc) is 2.59. The third-order valence-corrected chi connectivity index (χ3v) is 3.30. The molecule has 0 bridgehead atoms. The molecule has 1 aromatic heterocycles. The van der Waals surface area contributed by atoms with Crippen LogP contribution in [0.2, 0.25) is 0 Å². The summed E-state index contributed by atoms with van der Waals surface area (Å²) in [5.41, 5.74) is 3.56. The summed E-state index contributed by atoms with van der Waals surface area (Å²) in [4.78, 5) is 27.6. The molecule has 24 heavy (non-hydrogen) atoms. The first-order valence-electron chi connectivity index (χ1n) is 6.96. The summed E-state index contributed by atoms with van der Waals surface area (Å²) < 4.78 is 0. The number of aliphatic hydroxyl groups excluding tert-OH is 1. The van der Waals surface area contributed by atoms with Crippen molar-refractivity contribution in [3.05, 3.63) is 54.4 Å². The van der Waals surface area contributed by atoms with E-state index in [1.54, 1.807) is 36.7 Å². The fourth-order valence-electron chi connectivity index (χ4n) is 2.05. The third-order valence-electron chi connectivity index (χ3n) is 3.30. The van der Waals surface area contributed by atoms with E-state index in [0.29, 0.717) is 5.56 Å². The lowest BCUT2D eigenvalue weighted by Gasteiger charge is -2.19. The number of carbonyl (C=O) groups excluding carboxylic acids is 2. The van der Waals surface area contributed by atoms with E-state index < -0.39 is 24.0 Å². The van der Waals surface area contributed by atoms with Crippen LogP contribution in [-0.2, 0) is 4.79 Å². The van der Waals surface area contributed by atoms with Crippen LogP contribution in [0, 0.1) is 0 Å². The van der Waals surface area contributed by atoms with Gasteiger partial charge in [-0.25, -0.2) is 5.48 Å².